The molecule has 0 aliphatic carbocycles. The van der Waals surface area contributed by atoms with Crippen LogP contribution in [0.3, 0.4) is 0 Å². The first kappa shape index (κ1) is 126. The van der Waals surface area contributed by atoms with Crippen LogP contribution in [-0.4, -0.2) is 425 Å². The first-order chi connectivity index (χ1) is 70.1. The van der Waals surface area contributed by atoms with E-state index in [1.54, 1.807) is 0 Å². The number of unbranched alkanes of at least 4 members (excludes halogenated alkanes) is 12. The molecule has 0 bridgehead atoms. The number of nitrogens with one attached hydrogen (secondary N) is 20. The molecule has 4 aliphatic rings. The Morgan fingerprint density at radius 3 is 0.655 bits per heavy atom. The molecule has 20 atom stereocenters. The zero-order chi connectivity index (χ0) is 110. The second kappa shape index (κ2) is 66.8. The molecular formula is C87H146N26O35. The van der Waals surface area contributed by atoms with Gasteiger partial charge in [-0.2, -0.15) is 0 Å². The van der Waals surface area contributed by atoms with E-state index >= 15 is 0 Å². The van der Waals surface area contributed by atoms with E-state index in [1.165, 1.54) is 15.9 Å². The minimum Gasteiger partial charge on any atom is -0.481 e. The van der Waals surface area contributed by atoms with E-state index in [0.29, 0.717) is 103 Å². The number of nitrogens with two attached hydrogens (primary N) is 4. The predicted octanol–water partition coefficient (Wildman–Crippen LogP) is -10.5. The van der Waals surface area contributed by atoms with Crippen molar-refractivity contribution in [2.24, 2.45) is 22.9 Å². The molecule has 0 aromatic carbocycles. The Morgan fingerprint density at radius 1 is 0.304 bits per heavy atom. The standard InChI is InChI=1S/C87H146N26O35/c1-44(118)57-32-49(108-80(88)89)65(104-45(2)119)73(141-57)69(53(123)40-114)145-84(137)100-26-18-10-6-14-22-96-61(127)36-112(37-62(128)97-23-15-7-11-19-27-101-85(138)146-70(54(124)41-115)74-66(105-46(3)120)50(109-81(90)91)33-58(142-74)77(131)132)30-31-113(38-63(129)98-24-16-8-12-20-28-102-86(139)147-71(55(125)42-116)75-67(106-47(4)121)51(110-82(92)93)34-59(143-75)78(133)134)39-64(130)99-25-17-9-13-21-29-103-87(140)148-72(56(126)43-117)76-68(107-48(5)122)52(111-83(94)95)35-60(144-76)79(135)136/h32-35,49-56,65-76,114-117,123-126H,6-31,36-43H2,1-5H3,(H,96,127)(H,97,128)(H,98,129)(H,99,130)(H,100,137)(H,101,138)(H,102,139)(H,103,140)(H,104,119)(H,105,120)(H,106,121)(H,107,122)(H,131,132)(H,133,134)(H,135,136)(H4,88,89,108)(H4,90,91,109)(H4,92,93,110)(H4,94,95,111)/t49-,50-,51-,52-,53?,54?,55?,56?,65+,66+,67+,68+,69+,70+,71+,72+,73+,74+,75+,76+/m0/s1. The molecule has 61 heteroatoms. The summed E-state index contributed by atoms with van der Waals surface area (Å²) >= 11 is 0. The van der Waals surface area contributed by atoms with Crippen molar-refractivity contribution in [1.82, 2.24) is 94.9 Å². The summed E-state index contributed by atoms with van der Waals surface area (Å²) in [5.74, 6) is -15.3. The van der Waals surface area contributed by atoms with Gasteiger partial charge in [-0.1, -0.05) is 51.4 Å². The molecule has 4 rings (SSSR count). The quantitative estimate of drug-likeness (QED) is 0.0116. The highest BCUT2D eigenvalue weighted by Crippen LogP contribution is 2.31. The summed E-state index contributed by atoms with van der Waals surface area (Å²) in [6.45, 7) is 0.0339. The number of amides is 12. The number of hydrogen-bond acceptors (Lipinski definition) is 38. The number of Topliss-reactive ketones (excluding diaryl/α,β-unsaturated/α-hetero) is 1. The average molecular weight is 2120 g/mol. The minimum absolute atomic E-state index is 0.00718. The van der Waals surface area contributed by atoms with Gasteiger partial charge in [-0.3, -0.25) is 74.6 Å². The molecule has 61 nitrogen and oxygen atoms in total. The van der Waals surface area contributed by atoms with Gasteiger partial charge in [0.1, 0.15) is 24.4 Å². The summed E-state index contributed by atoms with van der Waals surface area (Å²) in [4.78, 5) is 210. The SMILES string of the molecule is CC(=O)N[C@H]1[C@H]([C@H](OC(=O)NCCCCCCNC(=O)CN(CCN(CC(=O)NCCCCCCNC(=O)O[C@H](C(O)CO)[C@@H]2OC(C(=O)O)=C[C@H](NC(=N)N)[C@H]2NC(C)=O)CC(=O)NCCCCCCNC(=O)O[C@H](C(O)CO)[C@@H]2OC(C(=O)O)=C[C@H](NC(=N)N)[C@H]2NC(C)=O)CC(=O)NCCCCCCNC(=O)O[C@H](C(O)CO)[C@@H]2OC(C(=O)O)=C[C@H](NC(=N)N)[C@H]2NC(C)=O)C(O)CO)OC(C(C)=O)=C[C@@H]1NC(=N)N. The van der Waals surface area contributed by atoms with Gasteiger partial charge in [-0.05, 0) is 75.7 Å². The Balaban J connectivity index is 1.50. The molecule has 12 amide bonds. The lowest BCUT2D eigenvalue weighted by Crippen LogP contribution is -2.65. The van der Waals surface area contributed by atoms with E-state index in [1.807, 2.05) is 0 Å². The van der Waals surface area contributed by atoms with E-state index in [0.717, 1.165) is 52.8 Å². The molecule has 39 N–H and O–H groups in total. The third-order valence-electron chi connectivity index (χ3n) is 22.6. The Morgan fingerprint density at radius 2 is 0.486 bits per heavy atom. The van der Waals surface area contributed by atoms with Gasteiger partial charge in [0.2, 0.25) is 64.5 Å². The van der Waals surface area contributed by atoms with Crippen LogP contribution in [-0.2, 0) is 95.4 Å². The van der Waals surface area contributed by atoms with Crippen LogP contribution in [0.1, 0.15) is 137 Å². The van der Waals surface area contributed by atoms with Crippen LogP contribution in [0.25, 0.3) is 0 Å². The van der Waals surface area contributed by atoms with Crippen molar-refractivity contribution in [3.63, 3.8) is 0 Å². The summed E-state index contributed by atoms with van der Waals surface area (Å²) in [5.41, 5.74) is 22.2. The molecule has 0 saturated carbocycles. The molecular weight excluding hydrogens is 1970 g/mol. The summed E-state index contributed by atoms with van der Waals surface area (Å²) in [6, 6.07) is -10.0. The largest absolute Gasteiger partial charge is 0.481 e. The molecule has 0 saturated heterocycles. The third kappa shape index (κ3) is 47.1. The normalized spacial score (nSPS) is 20.8. The van der Waals surface area contributed by atoms with Crippen LogP contribution in [0.2, 0.25) is 0 Å². The van der Waals surface area contributed by atoms with Crippen LogP contribution in [0.15, 0.2) is 47.3 Å². The van der Waals surface area contributed by atoms with Gasteiger partial charge in [-0.15, -0.1) is 0 Å². The van der Waals surface area contributed by atoms with Crippen molar-refractivity contribution in [1.29, 1.82) is 21.6 Å². The Bertz CT molecular complexity index is 4030. The molecule has 834 valence electrons. The molecule has 0 spiro atoms. The molecule has 0 aromatic rings. The smallest absolute Gasteiger partial charge is 0.407 e. The van der Waals surface area contributed by atoms with E-state index < -0.39 is 311 Å². The summed E-state index contributed by atoms with van der Waals surface area (Å²) in [6.07, 6.45) is -14.9. The van der Waals surface area contributed by atoms with E-state index in [4.69, 9.17) is 82.5 Å². The van der Waals surface area contributed by atoms with Crippen LogP contribution in [0, 0.1) is 21.6 Å². The Hall–Kier alpha value is -14.2. The zero-order valence-electron chi connectivity index (χ0n) is 82.8. The maximum Gasteiger partial charge on any atom is 0.407 e. The number of allylic oxidation sites excluding steroid dienone is 1. The molecule has 4 heterocycles. The predicted molar refractivity (Wildman–Crippen MR) is 515 cm³/mol. The highest BCUT2D eigenvalue weighted by Gasteiger charge is 2.52. The second-order valence-corrected chi connectivity index (χ2v) is 34.8. The maximum atomic E-state index is 13.9. The van der Waals surface area contributed by atoms with Gasteiger partial charge < -0.3 is 202 Å². The molecule has 4 unspecified atom stereocenters. The number of guanidine groups is 4. The zero-order valence-corrected chi connectivity index (χ0v) is 82.8. The number of nitrogens with zero attached hydrogens (tertiary/aromatic N) is 2. The van der Waals surface area contributed by atoms with Gasteiger partial charge >= 0.3 is 42.3 Å². The number of ketones is 1. The minimum atomic E-state index is -1.90. The number of carbonyl (C=O) groups is 16. The molecule has 0 fully saturated rings. The number of rotatable bonds is 67. The van der Waals surface area contributed by atoms with Crippen molar-refractivity contribution >= 4 is 119 Å². The first-order valence-electron chi connectivity index (χ1n) is 47.8. The lowest BCUT2D eigenvalue weighted by atomic mass is 9.91. The maximum absolute atomic E-state index is 13.9. The number of carboxylic acid groups (broad SMARTS) is 3. The van der Waals surface area contributed by atoms with Gasteiger partial charge in [0.05, 0.1) is 101 Å². The molecule has 0 radical (unpaired) electrons. The number of alkyl carbamates (subject to hydrolysis) is 4. The number of aliphatic hydroxyl groups excluding tert-OH is 8. The molecule has 4 aliphatic heterocycles. The number of carbonyl (C=O) groups excluding carboxylic acids is 13. The fraction of sp³-hybridized carbons (Fsp3) is 0.678. The Kier molecular flexibility index (Phi) is 56.9. The van der Waals surface area contributed by atoms with Crippen molar-refractivity contribution in [3.8, 4) is 0 Å². The van der Waals surface area contributed by atoms with Gasteiger partial charge in [0, 0.05) is 100 Å². The summed E-state index contributed by atoms with van der Waals surface area (Å²) in [7, 11) is 0. The van der Waals surface area contributed by atoms with Crippen LogP contribution in [0.4, 0.5) is 19.2 Å². The van der Waals surface area contributed by atoms with Crippen molar-refractivity contribution in [2.45, 2.75) is 259 Å². The van der Waals surface area contributed by atoms with Crippen LogP contribution in [0.5, 0.6) is 0 Å². The van der Waals surface area contributed by atoms with Gasteiger partial charge in [0.15, 0.2) is 84.2 Å². The van der Waals surface area contributed by atoms with E-state index in [-0.39, 0.29) is 71.2 Å². The van der Waals surface area contributed by atoms with Gasteiger partial charge in [-0.25, -0.2) is 33.6 Å². The van der Waals surface area contributed by atoms with Crippen LogP contribution >= 0.6 is 0 Å². The topological polar surface area (TPSA) is 968 Å². The summed E-state index contributed by atoms with van der Waals surface area (Å²) in [5, 5.41) is 185. The highest BCUT2D eigenvalue weighted by atomic mass is 16.6. The third-order valence-corrected chi connectivity index (χ3v) is 22.6. The number of aliphatic hydroxyl groups is 8. The van der Waals surface area contributed by atoms with Crippen molar-refractivity contribution in [2.75, 3.05) is 118 Å². The monoisotopic (exact) mass is 2120 g/mol. The fourth-order valence-electron chi connectivity index (χ4n) is 15.8. The number of ether oxygens (including phenoxy) is 8. The molecule has 0 aromatic heterocycles. The average Bonchev–Trinajstić information content (AvgIpc) is 0.801. The van der Waals surface area contributed by atoms with Crippen LogP contribution < -0.4 is 108 Å². The molecule has 148 heavy (non-hydrogen) atoms. The van der Waals surface area contributed by atoms with E-state index in [9.17, 15) is 133 Å². The highest BCUT2D eigenvalue weighted by molar-refractivity contribution is 5.92. The second-order valence-electron chi connectivity index (χ2n) is 34.8. The Labute approximate surface area is 850 Å². The van der Waals surface area contributed by atoms with Crippen molar-refractivity contribution in [3.05, 3.63) is 47.3 Å². The number of carboxylic acids is 3. The lowest BCUT2D eigenvalue weighted by Gasteiger charge is -2.41. The van der Waals surface area contributed by atoms with Gasteiger partial charge in [0.25, 0.3) is 0 Å². The fourth-order valence-corrected chi connectivity index (χ4v) is 15.8. The lowest BCUT2D eigenvalue weighted by molar-refractivity contribution is -0.147. The number of aliphatic carboxylic acids is 3. The number of hydrogen-bond donors (Lipinski definition) is 35. The van der Waals surface area contributed by atoms with Crippen molar-refractivity contribution < 1.29 is 171 Å². The van der Waals surface area contributed by atoms with E-state index in [2.05, 4.69) is 85.1 Å². The summed E-state index contributed by atoms with van der Waals surface area (Å²) < 4.78 is 44.5. The first-order valence-corrected chi connectivity index (χ1v) is 47.8.